The Bertz CT molecular complexity index is 521. The molecule has 4 nitrogen and oxygen atoms in total. The largest absolute Gasteiger partial charge is 0.488 e. The van der Waals surface area contributed by atoms with E-state index in [4.69, 9.17) is 9.47 Å². The molecule has 0 radical (unpaired) electrons. The first-order valence-corrected chi connectivity index (χ1v) is 7.70. The maximum Gasteiger partial charge on any atom is 0.190 e. The molecule has 3 aliphatic rings. The Labute approximate surface area is 125 Å². The van der Waals surface area contributed by atoms with Crippen LogP contribution in [0.2, 0.25) is 0 Å². The van der Waals surface area contributed by atoms with Crippen LogP contribution in [0.1, 0.15) is 39.5 Å². The Morgan fingerprint density at radius 3 is 2.86 bits per heavy atom. The van der Waals surface area contributed by atoms with Gasteiger partial charge in [-0.1, -0.05) is 12.2 Å². The highest BCUT2D eigenvalue weighted by Crippen LogP contribution is 2.53. The van der Waals surface area contributed by atoms with Crippen molar-refractivity contribution in [3.8, 4) is 0 Å². The summed E-state index contributed by atoms with van der Waals surface area (Å²) in [4.78, 5) is 12.3. The standard InChI is InChI=1S/C17H24O4/c1-9(2)10-5-6-17(3)12(10)7-11-15(19)13(18)8-14(20-4)16(11)21-17/h10,12-14,18H,1,5-8H2,2-4H3/t10-,12-,13-,14-,17+/m0/s1. The van der Waals surface area contributed by atoms with Gasteiger partial charge in [0.25, 0.3) is 0 Å². The zero-order valence-electron chi connectivity index (χ0n) is 13.0. The number of ether oxygens (including phenoxy) is 2. The second-order valence-corrected chi connectivity index (χ2v) is 6.90. The molecule has 116 valence electrons. The topological polar surface area (TPSA) is 55.8 Å². The SMILES string of the molecule is C=C(C)[C@@H]1CC[C@@]2(C)OC3=C(C[C@@H]12)C(=O)[C@@H](O)C[C@@H]3OC. The van der Waals surface area contributed by atoms with Gasteiger partial charge in [-0.2, -0.15) is 0 Å². The van der Waals surface area contributed by atoms with E-state index in [2.05, 4.69) is 20.4 Å². The van der Waals surface area contributed by atoms with Crippen LogP contribution in [0.5, 0.6) is 0 Å². The van der Waals surface area contributed by atoms with Gasteiger partial charge in [-0.25, -0.2) is 0 Å². The van der Waals surface area contributed by atoms with Gasteiger partial charge in [-0.15, -0.1) is 0 Å². The first kappa shape index (κ1) is 14.8. The highest BCUT2D eigenvalue weighted by Gasteiger charge is 2.53. The molecule has 0 bridgehead atoms. The summed E-state index contributed by atoms with van der Waals surface area (Å²) in [5, 5.41) is 9.96. The first-order valence-electron chi connectivity index (χ1n) is 7.70. The molecule has 21 heavy (non-hydrogen) atoms. The predicted octanol–water partition coefficient (Wildman–Crippen LogP) is 2.37. The lowest BCUT2D eigenvalue weighted by atomic mass is 9.74. The van der Waals surface area contributed by atoms with Gasteiger partial charge >= 0.3 is 0 Å². The van der Waals surface area contributed by atoms with Gasteiger partial charge in [0.05, 0.1) is 0 Å². The van der Waals surface area contributed by atoms with E-state index in [0.717, 1.165) is 18.4 Å². The van der Waals surface area contributed by atoms with E-state index in [1.165, 1.54) is 0 Å². The highest BCUT2D eigenvalue weighted by molar-refractivity contribution is 6.00. The van der Waals surface area contributed by atoms with Crippen LogP contribution in [0.4, 0.5) is 0 Å². The van der Waals surface area contributed by atoms with Gasteiger partial charge in [0.2, 0.25) is 0 Å². The molecule has 1 fully saturated rings. The van der Waals surface area contributed by atoms with Gasteiger partial charge < -0.3 is 14.6 Å². The van der Waals surface area contributed by atoms with Crippen molar-refractivity contribution in [3.63, 3.8) is 0 Å². The molecule has 3 rings (SSSR count). The number of ketones is 1. The van der Waals surface area contributed by atoms with Gasteiger partial charge in [-0.05, 0) is 39.0 Å². The van der Waals surface area contributed by atoms with E-state index in [1.807, 2.05) is 0 Å². The molecule has 0 amide bonds. The fourth-order valence-electron chi connectivity index (χ4n) is 4.27. The second kappa shape index (κ2) is 4.96. The maximum absolute atomic E-state index is 12.3. The summed E-state index contributed by atoms with van der Waals surface area (Å²) in [5.41, 5.74) is 1.54. The summed E-state index contributed by atoms with van der Waals surface area (Å²) >= 11 is 0. The molecule has 2 aliphatic carbocycles. The monoisotopic (exact) mass is 292 g/mol. The van der Waals surface area contributed by atoms with E-state index in [1.54, 1.807) is 7.11 Å². The number of methoxy groups -OCH3 is 1. The fraction of sp³-hybridized carbons (Fsp3) is 0.706. The van der Waals surface area contributed by atoms with Crippen molar-refractivity contribution in [3.05, 3.63) is 23.5 Å². The molecule has 0 unspecified atom stereocenters. The van der Waals surface area contributed by atoms with Gasteiger partial charge in [0.1, 0.15) is 23.6 Å². The molecule has 1 N–H and O–H groups in total. The minimum absolute atomic E-state index is 0.187. The number of hydrogen-bond acceptors (Lipinski definition) is 4. The highest BCUT2D eigenvalue weighted by atomic mass is 16.5. The van der Waals surface area contributed by atoms with Crippen molar-refractivity contribution >= 4 is 5.78 Å². The third-order valence-corrected chi connectivity index (χ3v) is 5.53. The number of fused-ring (bicyclic) bond motifs is 1. The molecule has 1 saturated carbocycles. The third kappa shape index (κ3) is 2.16. The molecule has 0 aromatic heterocycles. The van der Waals surface area contributed by atoms with Crippen LogP contribution in [0.3, 0.4) is 0 Å². The van der Waals surface area contributed by atoms with Crippen LogP contribution in [0.15, 0.2) is 23.5 Å². The molecule has 0 spiro atoms. The predicted molar refractivity (Wildman–Crippen MR) is 78.6 cm³/mol. The molecule has 4 heteroatoms. The number of Topliss-reactive ketones (excluding diaryl/α,β-unsaturated/α-hetero) is 1. The van der Waals surface area contributed by atoms with Crippen molar-refractivity contribution in [1.29, 1.82) is 0 Å². The van der Waals surface area contributed by atoms with E-state index < -0.39 is 6.10 Å². The van der Waals surface area contributed by atoms with Gasteiger partial charge in [-0.3, -0.25) is 4.79 Å². The number of allylic oxidation sites excluding steroid dienone is 1. The van der Waals surface area contributed by atoms with Crippen LogP contribution in [0, 0.1) is 11.8 Å². The average Bonchev–Trinajstić information content (AvgIpc) is 2.77. The Kier molecular flexibility index (Phi) is 3.49. The minimum Gasteiger partial charge on any atom is -0.488 e. The Balaban J connectivity index is 1.99. The molecule has 0 aromatic rings. The van der Waals surface area contributed by atoms with Crippen molar-refractivity contribution in [2.24, 2.45) is 11.8 Å². The fourth-order valence-corrected chi connectivity index (χ4v) is 4.27. The summed E-state index contributed by atoms with van der Waals surface area (Å²) in [6.07, 6.45) is 1.70. The third-order valence-electron chi connectivity index (χ3n) is 5.53. The molecular formula is C17H24O4. The Morgan fingerprint density at radius 1 is 1.52 bits per heavy atom. The minimum atomic E-state index is -0.966. The second-order valence-electron chi connectivity index (χ2n) is 6.90. The number of carbonyl (C=O) groups excluding carboxylic acids is 1. The van der Waals surface area contributed by atoms with Crippen LogP contribution < -0.4 is 0 Å². The normalized spacial score (nSPS) is 42.4. The summed E-state index contributed by atoms with van der Waals surface area (Å²) in [6, 6.07) is 0. The number of hydrogen-bond donors (Lipinski definition) is 1. The maximum atomic E-state index is 12.3. The molecular weight excluding hydrogens is 268 g/mol. The Morgan fingerprint density at radius 2 is 2.24 bits per heavy atom. The Hall–Kier alpha value is -1.13. The summed E-state index contributed by atoms with van der Waals surface area (Å²) in [7, 11) is 1.60. The van der Waals surface area contributed by atoms with E-state index in [0.29, 0.717) is 30.1 Å². The molecule has 5 atom stereocenters. The number of rotatable bonds is 2. The zero-order chi connectivity index (χ0) is 15.4. The zero-order valence-corrected chi connectivity index (χ0v) is 13.0. The lowest BCUT2D eigenvalue weighted by Crippen LogP contribution is -2.47. The number of carbonyl (C=O) groups is 1. The first-order chi connectivity index (χ1) is 9.87. The van der Waals surface area contributed by atoms with E-state index in [9.17, 15) is 9.90 Å². The summed E-state index contributed by atoms with van der Waals surface area (Å²) in [5.74, 6) is 1.12. The number of aliphatic hydroxyl groups is 1. The van der Waals surface area contributed by atoms with E-state index >= 15 is 0 Å². The summed E-state index contributed by atoms with van der Waals surface area (Å²) in [6.45, 7) is 8.28. The molecule has 1 aliphatic heterocycles. The lowest BCUT2D eigenvalue weighted by molar-refractivity contribution is -0.134. The van der Waals surface area contributed by atoms with E-state index in [-0.39, 0.29) is 23.4 Å². The van der Waals surface area contributed by atoms with Crippen LogP contribution >= 0.6 is 0 Å². The molecule has 1 heterocycles. The van der Waals surface area contributed by atoms with Crippen molar-refractivity contribution in [2.45, 2.75) is 57.3 Å². The van der Waals surface area contributed by atoms with Crippen molar-refractivity contribution in [2.75, 3.05) is 7.11 Å². The smallest absolute Gasteiger partial charge is 0.190 e. The van der Waals surface area contributed by atoms with Crippen molar-refractivity contribution < 1.29 is 19.4 Å². The number of aliphatic hydroxyl groups excluding tert-OH is 1. The van der Waals surface area contributed by atoms with Gasteiger partial charge in [0.15, 0.2) is 5.78 Å². The molecule has 0 aromatic carbocycles. The molecule has 0 saturated heterocycles. The summed E-state index contributed by atoms with van der Waals surface area (Å²) < 4.78 is 11.7. The van der Waals surface area contributed by atoms with Crippen LogP contribution in [0.25, 0.3) is 0 Å². The van der Waals surface area contributed by atoms with Gasteiger partial charge in [0, 0.05) is 25.0 Å². The lowest BCUT2D eigenvalue weighted by Gasteiger charge is -2.44. The van der Waals surface area contributed by atoms with Crippen LogP contribution in [-0.2, 0) is 14.3 Å². The average molecular weight is 292 g/mol. The van der Waals surface area contributed by atoms with Crippen LogP contribution in [-0.4, -0.2) is 35.8 Å². The quantitative estimate of drug-likeness (QED) is 0.794. The van der Waals surface area contributed by atoms with Crippen molar-refractivity contribution in [1.82, 2.24) is 0 Å².